The van der Waals surface area contributed by atoms with E-state index >= 15 is 0 Å². The Balaban J connectivity index is 1.91. The topological polar surface area (TPSA) is 81.7 Å². The van der Waals surface area contributed by atoms with Crippen LogP contribution in [0.5, 0.6) is 0 Å². The summed E-state index contributed by atoms with van der Waals surface area (Å²) in [6, 6.07) is 16.6. The molecule has 1 atom stereocenters. The summed E-state index contributed by atoms with van der Waals surface area (Å²) in [5.74, 6) is -1.35. The average molecular weight is 482 g/mol. The quantitative estimate of drug-likeness (QED) is 0.191. The molecule has 6 nitrogen and oxygen atoms in total. The van der Waals surface area contributed by atoms with Crippen LogP contribution in [-0.2, 0) is 27.1 Å². The molecule has 1 amide bonds. The zero-order chi connectivity index (χ0) is 25.5. The SMILES string of the molecule is CCCCCCCCc1ccc(CCC(C)(NC(=O)OC(=O)c2ccccc2)C(=O)OCC)cc1. The van der Waals surface area contributed by atoms with Gasteiger partial charge in [-0.3, -0.25) is 0 Å². The van der Waals surface area contributed by atoms with Gasteiger partial charge < -0.3 is 14.8 Å². The molecule has 2 aromatic rings. The van der Waals surface area contributed by atoms with Gasteiger partial charge >= 0.3 is 18.0 Å². The fourth-order valence-electron chi connectivity index (χ4n) is 3.85. The molecule has 2 aromatic carbocycles. The molecule has 0 saturated heterocycles. The molecule has 0 spiro atoms. The molecule has 0 aromatic heterocycles. The summed E-state index contributed by atoms with van der Waals surface area (Å²) in [4.78, 5) is 37.3. The Morgan fingerprint density at radius 2 is 1.40 bits per heavy atom. The molecular formula is C29H39NO5. The molecule has 0 heterocycles. The largest absolute Gasteiger partial charge is 0.464 e. The molecule has 0 aliphatic carbocycles. The highest BCUT2D eigenvalue weighted by Crippen LogP contribution is 2.19. The van der Waals surface area contributed by atoms with Crippen molar-refractivity contribution in [1.82, 2.24) is 5.32 Å². The molecule has 190 valence electrons. The number of unbranched alkanes of at least 4 members (excludes halogenated alkanes) is 5. The van der Waals surface area contributed by atoms with Crippen molar-refractivity contribution in [1.29, 1.82) is 0 Å². The molecule has 6 heteroatoms. The average Bonchev–Trinajstić information content (AvgIpc) is 2.86. The van der Waals surface area contributed by atoms with Crippen molar-refractivity contribution in [2.24, 2.45) is 0 Å². The van der Waals surface area contributed by atoms with Crippen LogP contribution in [0.3, 0.4) is 0 Å². The molecule has 0 radical (unpaired) electrons. The number of carbonyl (C=O) groups excluding carboxylic acids is 3. The molecule has 1 unspecified atom stereocenters. The number of rotatable bonds is 14. The monoisotopic (exact) mass is 481 g/mol. The summed E-state index contributed by atoms with van der Waals surface area (Å²) in [5, 5.41) is 2.55. The Morgan fingerprint density at radius 1 is 0.800 bits per heavy atom. The molecule has 0 fully saturated rings. The van der Waals surface area contributed by atoms with E-state index in [2.05, 4.69) is 36.5 Å². The third-order valence-corrected chi connectivity index (χ3v) is 6.05. The van der Waals surface area contributed by atoms with Crippen molar-refractivity contribution in [3.63, 3.8) is 0 Å². The number of alkyl carbamates (subject to hydrolysis) is 1. The Morgan fingerprint density at radius 3 is 2.03 bits per heavy atom. The van der Waals surface area contributed by atoms with Crippen molar-refractivity contribution in [3.8, 4) is 0 Å². The van der Waals surface area contributed by atoms with Crippen LogP contribution in [0.4, 0.5) is 4.79 Å². The van der Waals surface area contributed by atoms with E-state index in [9.17, 15) is 14.4 Å². The molecule has 0 aliphatic heterocycles. The van der Waals surface area contributed by atoms with E-state index in [1.165, 1.54) is 44.1 Å². The molecule has 0 bridgehead atoms. The van der Waals surface area contributed by atoms with Crippen LogP contribution in [-0.4, -0.2) is 30.2 Å². The lowest BCUT2D eigenvalue weighted by Crippen LogP contribution is -2.53. The van der Waals surface area contributed by atoms with Gasteiger partial charge in [-0.15, -0.1) is 0 Å². The summed E-state index contributed by atoms with van der Waals surface area (Å²) in [6.07, 6.45) is 8.58. The lowest BCUT2D eigenvalue weighted by Gasteiger charge is -2.28. The van der Waals surface area contributed by atoms with Gasteiger partial charge in [0.15, 0.2) is 0 Å². The molecular weight excluding hydrogens is 442 g/mol. The van der Waals surface area contributed by atoms with Gasteiger partial charge in [0.05, 0.1) is 12.2 Å². The van der Waals surface area contributed by atoms with E-state index in [-0.39, 0.29) is 12.2 Å². The predicted molar refractivity (Wildman–Crippen MR) is 137 cm³/mol. The summed E-state index contributed by atoms with van der Waals surface area (Å²) in [5.41, 5.74) is 1.28. The van der Waals surface area contributed by atoms with E-state index in [4.69, 9.17) is 9.47 Å². The van der Waals surface area contributed by atoms with Gasteiger partial charge in [-0.05, 0) is 62.8 Å². The third-order valence-electron chi connectivity index (χ3n) is 6.05. The minimum absolute atomic E-state index is 0.182. The number of ether oxygens (including phenoxy) is 2. The number of aryl methyl sites for hydroxylation is 2. The second-order valence-electron chi connectivity index (χ2n) is 9.05. The minimum atomic E-state index is -1.33. The molecule has 2 rings (SSSR count). The van der Waals surface area contributed by atoms with Gasteiger partial charge in [-0.1, -0.05) is 81.5 Å². The van der Waals surface area contributed by atoms with E-state index in [1.807, 2.05) is 0 Å². The normalized spacial score (nSPS) is 12.4. The zero-order valence-electron chi connectivity index (χ0n) is 21.3. The van der Waals surface area contributed by atoms with E-state index in [0.29, 0.717) is 12.8 Å². The van der Waals surface area contributed by atoms with Gasteiger partial charge in [0.1, 0.15) is 5.54 Å². The number of esters is 2. The summed E-state index contributed by atoms with van der Waals surface area (Å²) < 4.78 is 10.1. The number of nitrogens with one attached hydrogen (secondary N) is 1. The van der Waals surface area contributed by atoms with Gasteiger partial charge in [0.25, 0.3) is 0 Å². The van der Waals surface area contributed by atoms with Gasteiger partial charge in [0.2, 0.25) is 0 Å². The van der Waals surface area contributed by atoms with Gasteiger partial charge in [-0.25, -0.2) is 14.4 Å². The van der Waals surface area contributed by atoms with Crippen molar-refractivity contribution in [2.75, 3.05) is 6.61 Å². The van der Waals surface area contributed by atoms with Crippen molar-refractivity contribution in [3.05, 3.63) is 71.3 Å². The fourth-order valence-corrected chi connectivity index (χ4v) is 3.85. The predicted octanol–water partition coefficient (Wildman–Crippen LogP) is 6.41. The van der Waals surface area contributed by atoms with Crippen LogP contribution in [0.2, 0.25) is 0 Å². The van der Waals surface area contributed by atoms with Crippen LogP contribution in [0.1, 0.15) is 87.2 Å². The standard InChI is InChI=1S/C29H39NO5/c1-4-6-7-8-9-11-14-23-17-19-24(20-18-23)21-22-29(3,27(32)34-5-2)30-28(33)35-26(31)25-15-12-10-13-16-25/h10,12-13,15-20H,4-9,11,14,21-22H2,1-3H3,(H,30,33). The number of benzene rings is 2. The molecule has 0 aliphatic rings. The maximum Gasteiger partial charge on any atom is 0.416 e. The number of hydrogen-bond donors (Lipinski definition) is 1. The van der Waals surface area contributed by atoms with Crippen molar-refractivity contribution in [2.45, 2.75) is 84.1 Å². The molecule has 1 N–H and O–H groups in total. The van der Waals surface area contributed by atoms with E-state index in [1.54, 1.807) is 44.2 Å². The zero-order valence-corrected chi connectivity index (χ0v) is 21.3. The number of amides is 1. The first-order valence-corrected chi connectivity index (χ1v) is 12.7. The highest BCUT2D eigenvalue weighted by atomic mass is 16.6. The Kier molecular flexibility index (Phi) is 12.0. The van der Waals surface area contributed by atoms with Gasteiger partial charge in [0, 0.05) is 0 Å². The first-order chi connectivity index (χ1) is 16.9. The van der Waals surface area contributed by atoms with Crippen molar-refractivity contribution >= 4 is 18.0 Å². The lowest BCUT2D eigenvalue weighted by molar-refractivity contribution is -0.150. The second-order valence-corrected chi connectivity index (χ2v) is 9.05. The lowest BCUT2D eigenvalue weighted by atomic mass is 9.92. The maximum absolute atomic E-state index is 12.7. The number of hydrogen-bond acceptors (Lipinski definition) is 5. The maximum atomic E-state index is 12.7. The van der Waals surface area contributed by atoms with Gasteiger partial charge in [-0.2, -0.15) is 0 Å². The van der Waals surface area contributed by atoms with Crippen LogP contribution in [0.25, 0.3) is 0 Å². The Hall–Kier alpha value is -3.15. The number of carbonyl (C=O) groups is 3. The fraction of sp³-hybridized carbons (Fsp3) is 0.483. The van der Waals surface area contributed by atoms with Crippen LogP contribution in [0.15, 0.2) is 54.6 Å². The smallest absolute Gasteiger partial charge is 0.416 e. The second kappa shape index (κ2) is 15.0. The third kappa shape index (κ3) is 9.93. The first-order valence-electron chi connectivity index (χ1n) is 12.7. The Labute approximate surface area is 209 Å². The van der Waals surface area contributed by atoms with Crippen LogP contribution >= 0.6 is 0 Å². The van der Waals surface area contributed by atoms with E-state index < -0.39 is 23.6 Å². The first kappa shape index (κ1) is 28.1. The van der Waals surface area contributed by atoms with E-state index in [0.717, 1.165) is 12.0 Å². The summed E-state index contributed by atoms with van der Waals surface area (Å²) in [7, 11) is 0. The minimum Gasteiger partial charge on any atom is -0.464 e. The highest BCUT2D eigenvalue weighted by molar-refractivity contribution is 5.97. The molecule has 35 heavy (non-hydrogen) atoms. The van der Waals surface area contributed by atoms with Crippen LogP contribution < -0.4 is 5.32 Å². The summed E-state index contributed by atoms with van der Waals surface area (Å²) in [6.45, 7) is 5.71. The van der Waals surface area contributed by atoms with Crippen LogP contribution in [0, 0.1) is 0 Å². The highest BCUT2D eigenvalue weighted by Gasteiger charge is 2.37. The Bertz CT molecular complexity index is 926. The van der Waals surface area contributed by atoms with Crippen molar-refractivity contribution < 1.29 is 23.9 Å². The summed E-state index contributed by atoms with van der Waals surface area (Å²) >= 11 is 0. The molecule has 0 saturated carbocycles.